The molecule has 0 saturated heterocycles. The summed E-state index contributed by atoms with van der Waals surface area (Å²) in [7, 11) is 0. The number of carbonyl (C=O) groups excluding carboxylic acids is 2. The number of nitrogens with zero attached hydrogens (tertiary/aromatic N) is 1. The van der Waals surface area contributed by atoms with Crippen LogP contribution in [0.5, 0.6) is 0 Å². The van der Waals surface area contributed by atoms with Gasteiger partial charge in [-0.25, -0.2) is 0 Å². The molecule has 1 atom stereocenters. The lowest BCUT2D eigenvalue weighted by Crippen LogP contribution is -2.37. The number of rotatable bonds is 5. The van der Waals surface area contributed by atoms with Crippen LogP contribution < -0.4 is 10.6 Å². The molecule has 37 heavy (non-hydrogen) atoms. The SMILES string of the molecule is CC1(C)CC(=O)C2=C(C1)NC(SCC(=O)Nc1ccc3ccccc3c1)=C(C#N)[C@H]2c1ccc(Cl)cc1. The molecule has 1 amide bonds. The summed E-state index contributed by atoms with van der Waals surface area (Å²) in [4.78, 5) is 26.2. The maximum atomic E-state index is 13.3. The molecule has 0 fully saturated rings. The van der Waals surface area contributed by atoms with Crippen LogP contribution in [0.3, 0.4) is 0 Å². The van der Waals surface area contributed by atoms with Gasteiger partial charge in [0.15, 0.2) is 5.78 Å². The summed E-state index contributed by atoms with van der Waals surface area (Å²) in [5.41, 5.74) is 3.28. The third-order valence-electron chi connectivity index (χ3n) is 6.71. The Morgan fingerprint density at radius 3 is 2.57 bits per heavy atom. The molecule has 3 aromatic carbocycles. The van der Waals surface area contributed by atoms with Gasteiger partial charge >= 0.3 is 0 Å². The van der Waals surface area contributed by atoms with E-state index in [1.165, 1.54) is 11.8 Å². The zero-order valence-corrected chi connectivity index (χ0v) is 22.2. The van der Waals surface area contributed by atoms with Gasteiger partial charge < -0.3 is 10.6 Å². The van der Waals surface area contributed by atoms with E-state index in [4.69, 9.17) is 11.6 Å². The van der Waals surface area contributed by atoms with Crippen molar-refractivity contribution in [3.8, 4) is 6.07 Å². The Kier molecular flexibility index (Phi) is 6.85. The molecule has 186 valence electrons. The molecule has 5 rings (SSSR count). The summed E-state index contributed by atoms with van der Waals surface area (Å²) in [5, 5.41) is 19.9. The van der Waals surface area contributed by atoms with Gasteiger partial charge in [-0.1, -0.05) is 79.7 Å². The van der Waals surface area contributed by atoms with Crippen molar-refractivity contribution < 1.29 is 9.59 Å². The van der Waals surface area contributed by atoms with E-state index < -0.39 is 5.92 Å². The monoisotopic (exact) mass is 527 g/mol. The zero-order chi connectivity index (χ0) is 26.2. The molecule has 0 saturated carbocycles. The lowest BCUT2D eigenvalue weighted by Gasteiger charge is -2.39. The minimum atomic E-state index is -0.492. The largest absolute Gasteiger partial charge is 0.352 e. The van der Waals surface area contributed by atoms with Crippen molar-refractivity contribution >= 4 is 51.5 Å². The van der Waals surface area contributed by atoms with E-state index in [0.717, 1.165) is 27.7 Å². The molecule has 5 nitrogen and oxygen atoms in total. The van der Waals surface area contributed by atoms with Crippen LogP contribution in [-0.2, 0) is 9.59 Å². The lowest BCUT2D eigenvalue weighted by molar-refractivity contribution is -0.118. The van der Waals surface area contributed by atoms with Gasteiger partial charge in [0.1, 0.15) is 0 Å². The van der Waals surface area contributed by atoms with Gasteiger partial charge in [-0.3, -0.25) is 9.59 Å². The highest BCUT2D eigenvalue weighted by Crippen LogP contribution is 2.48. The van der Waals surface area contributed by atoms with Crippen LogP contribution in [0, 0.1) is 16.7 Å². The van der Waals surface area contributed by atoms with Crippen molar-refractivity contribution in [2.45, 2.75) is 32.6 Å². The van der Waals surface area contributed by atoms with Crippen LogP contribution >= 0.6 is 23.4 Å². The van der Waals surface area contributed by atoms with Gasteiger partial charge in [0, 0.05) is 28.4 Å². The fraction of sp³-hybridized carbons (Fsp3) is 0.233. The first-order chi connectivity index (χ1) is 17.7. The Bertz CT molecular complexity index is 1520. The first-order valence-corrected chi connectivity index (χ1v) is 13.4. The van der Waals surface area contributed by atoms with Crippen LogP contribution in [-0.4, -0.2) is 17.4 Å². The van der Waals surface area contributed by atoms with Crippen LogP contribution in [0.4, 0.5) is 5.69 Å². The van der Waals surface area contributed by atoms with Crippen molar-refractivity contribution in [1.29, 1.82) is 5.26 Å². The highest BCUT2D eigenvalue weighted by Gasteiger charge is 2.41. The average Bonchev–Trinajstić information content (AvgIpc) is 2.86. The summed E-state index contributed by atoms with van der Waals surface area (Å²) >= 11 is 7.40. The number of halogens is 1. The predicted molar refractivity (Wildman–Crippen MR) is 150 cm³/mol. The van der Waals surface area contributed by atoms with Crippen molar-refractivity contribution in [2.24, 2.45) is 5.41 Å². The second kappa shape index (κ2) is 10.1. The molecule has 0 radical (unpaired) electrons. The number of nitriles is 1. The Morgan fingerprint density at radius 2 is 1.84 bits per heavy atom. The first kappa shape index (κ1) is 25.1. The second-order valence-electron chi connectivity index (χ2n) is 10.2. The Hall–Kier alpha value is -3.53. The minimum Gasteiger partial charge on any atom is -0.352 e. The van der Waals surface area contributed by atoms with Crippen LogP contribution in [0.2, 0.25) is 5.02 Å². The van der Waals surface area contributed by atoms with Crippen molar-refractivity contribution in [2.75, 3.05) is 11.1 Å². The van der Waals surface area contributed by atoms with Crippen molar-refractivity contribution in [1.82, 2.24) is 5.32 Å². The molecule has 1 aliphatic heterocycles. The fourth-order valence-corrected chi connectivity index (χ4v) is 6.07. The zero-order valence-electron chi connectivity index (χ0n) is 20.6. The summed E-state index contributed by atoms with van der Waals surface area (Å²) < 4.78 is 0. The highest BCUT2D eigenvalue weighted by molar-refractivity contribution is 8.03. The number of nitrogens with one attached hydrogen (secondary N) is 2. The number of hydrogen-bond donors (Lipinski definition) is 2. The van der Waals surface area contributed by atoms with E-state index in [9.17, 15) is 14.9 Å². The normalized spacial score (nSPS) is 18.8. The first-order valence-electron chi connectivity index (χ1n) is 12.1. The number of ketones is 1. The molecule has 1 aliphatic carbocycles. The van der Waals surface area contributed by atoms with Gasteiger partial charge in [-0.2, -0.15) is 5.26 Å². The number of dihydropyridines is 1. The number of amides is 1. The van der Waals surface area contributed by atoms with E-state index in [0.29, 0.717) is 34.0 Å². The number of anilines is 1. The third-order valence-corrected chi connectivity index (χ3v) is 7.98. The van der Waals surface area contributed by atoms with Crippen LogP contribution in [0.25, 0.3) is 10.8 Å². The van der Waals surface area contributed by atoms with Crippen LogP contribution in [0.1, 0.15) is 38.2 Å². The molecule has 1 heterocycles. The topological polar surface area (TPSA) is 82.0 Å². The maximum Gasteiger partial charge on any atom is 0.234 e. The van der Waals surface area contributed by atoms with Gasteiger partial charge in [-0.05, 0) is 52.4 Å². The molecular weight excluding hydrogens is 502 g/mol. The predicted octanol–water partition coefficient (Wildman–Crippen LogP) is 6.93. The lowest BCUT2D eigenvalue weighted by atomic mass is 9.69. The van der Waals surface area contributed by atoms with Gasteiger partial charge in [0.05, 0.1) is 28.3 Å². The summed E-state index contributed by atoms with van der Waals surface area (Å²) in [5.74, 6) is -0.499. The molecule has 0 bridgehead atoms. The Labute approximate surface area is 225 Å². The molecule has 2 N–H and O–H groups in total. The number of benzene rings is 3. The van der Waals surface area contributed by atoms with E-state index in [2.05, 4.69) is 30.6 Å². The number of carbonyl (C=O) groups is 2. The van der Waals surface area contributed by atoms with Crippen molar-refractivity contribution in [3.05, 3.63) is 99.2 Å². The molecule has 7 heteroatoms. The number of allylic oxidation sites excluding steroid dienone is 3. The Balaban J connectivity index is 1.42. The molecule has 2 aliphatic rings. The molecular formula is C30H26ClN3O2S. The molecule has 0 spiro atoms. The number of thioether (sulfide) groups is 1. The highest BCUT2D eigenvalue weighted by atomic mass is 35.5. The maximum absolute atomic E-state index is 13.3. The van der Waals surface area contributed by atoms with Gasteiger partial charge in [-0.15, -0.1) is 0 Å². The minimum absolute atomic E-state index is 0.0459. The standard InChI is InChI=1S/C30H26ClN3O2S/c1-30(2)14-24-28(25(35)15-30)27(19-7-10-21(31)11-8-19)23(16-32)29(34-24)37-17-26(36)33-22-12-9-18-5-3-4-6-20(18)13-22/h3-13,27,34H,14-15,17H2,1-2H3,(H,33,36)/t27-/m1/s1. The average molecular weight is 528 g/mol. The van der Waals surface area contributed by atoms with Crippen LogP contribution in [0.15, 0.2) is 88.6 Å². The Morgan fingerprint density at radius 1 is 1.11 bits per heavy atom. The smallest absolute Gasteiger partial charge is 0.234 e. The van der Waals surface area contributed by atoms with E-state index >= 15 is 0 Å². The number of hydrogen-bond acceptors (Lipinski definition) is 5. The van der Waals surface area contributed by atoms with E-state index in [-0.39, 0.29) is 22.9 Å². The fourth-order valence-electron chi connectivity index (χ4n) is 5.08. The summed E-state index contributed by atoms with van der Waals surface area (Å²) in [6.07, 6.45) is 1.11. The summed E-state index contributed by atoms with van der Waals surface area (Å²) in [6.45, 7) is 4.14. The third kappa shape index (κ3) is 5.29. The summed E-state index contributed by atoms with van der Waals surface area (Å²) in [6, 6.07) is 23.4. The van der Waals surface area contributed by atoms with Gasteiger partial charge in [0.25, 0.3) is 0 Å². The van der Waals surface area contributed by atoms with E-state index in [1.807, 2.05) is 54.6 Å². The molecule has 0 aromatic heterocycles. The quantitative estimate of drug-likeness (QED) is 0.376. The number of Topliss-reactive ketones (excluding diaryl/α,β-unsaturated/α-hetero) is 1. The molecule has 3 aromatic rings. The van der Waals surface area contributed by atoms with E-state index in [1.54, 1.807) is 12.1 Å². The molecule has 0 unspecified atom stereocenters. The van der Waals surface area contributed by atoms with Gasteiger partial charge in [0.2, 0.25) is 5.91 Å². The second-order valence-corrected chi connectivity index (χ2v) is 11.6. The van der Waals surface area contributed by atoms with Crippen molar-refractivity contribution in [3.63, 3.8) is 0 Å². The number of fused-ring (bicyclic) bond motifs is 1.